The number of aromatic nitrogens is 3. The molecule has 0 unspecified atom stereocenters. The Morgan fingerprint density at radius 1 is 0.963 bits per heavy atom. The summed E-state index contributed by atoms with van der Waals surface area (Å²) in [5, 5.41) is 4.33. The number of hydrazone groups is 1. The van der Waals surface area contributed by atoms with Crippen molar-refractivity contribution >= 4 is 46.7 Å². The molecule has 27 heavy (non-hydrogen) atoms. The van der Waals surface area contributed by atoms with Gasteiger partial charge in [0.15, 0.2) is 0 Å². The van der Waals surface area contributed by atoms with Crippen LogP contribution in [-0.4, -0.2) is 60.6 Å². The molecular formula is C18H22IN7O. The summed E-state index contributed by atoms with van der Waals surface area (Å²) in [5.41, 5.74) is 4.03. The first-order valence-corrected chi connectivity index (χ1v) is 10.2. The zero-order valence-electron chi connectivity index (χ0n) is 15.0. The molecule has 2 aliphatic rings. The van der Waals surface area contributed by atoms with E-state index in [-0.39, 0.29) is 0 Å². The van der Waals surface area contributed by atoms with Gasteiger partial charge >= 0.3 is 0 Å². The van der Waals surface area contributed by atoms with Crippen LogP contribution < -0.4 is 15.2 Å². The fourth-order valence-corrected chi connectivity index (χ4v) is 3.63. The Bertz CT molecular complexity index is 804. The first-order valence-electron chi connectivity index (χ1n) is 9.17. The molecule has 1 aromatic heterocycles. The van der Waals surface area contributed by atoms with Crippen LogP contribution in [0.5, 0.6) is 0 Å². The number of rotatable bonds is 5. The number of nitrogens with one attached hydrogen (secondary N) is 1. The fraction of sp³-hybridized carbons (Fsp3) is 0.444. The highest BCUT2D eigenvalue weighted by molar-refractivity contribution is 14.1. The van der Waals surface area contributed by atoms with Crippen molar-refractivity contribution < 1.29 is 4.74 Å². The molecule has 2 fully saturated rings. The van der Waals surface area contributed by atoms with Gasteiger partial charge in [-0.25, -0.2) is 5.43 Å². The second-order valence-electron chi connectivity index (χ2n) is 6.44. The largest absolute Gasteiger partial charge is 0.378 e. The Balaban J connectivity index is 1.56. The molecule has 2 aliphatic heterocycles. The zero-order valence-corrected chi connectivity index (χ0v) is 17.2. The van der Waals surface area contributed by atoms with Crippen molar-refractivity contribution in [3.8, 4) is 0 Å². The standard InChI is InChI=1S/C18H22IN7O/c19-15-6-2-1-5-14(15)13-20-24-16-21-17(25-7-3-4-8-25)23-18(22-16)26-9-11-27-12-10-26/h1-2,5-6,13H,3-4,7-12H2,(H,21,22,23,24)/b20-13+. The minimum absolute atomic E-state index is 0.468. The van der Waals surface area contributed by atoms with Gasteiger partial charge in [0.05, 0.1) is 19.4 Å². The number of morpholine rings is 1. The molecule has 8 nitrogen and oxygen atoms in total. The molecule has 1 N–H and O–H groups in total. The van der Waals surface area contributed by atoms with Gasteiger partial charge in [0.1, 0.15) is 0 Å². The van der Waals surface area contributed by atoms with Crippen LogP contribution in [0.3, 0.4) is 0 Å². The molecule has 2 aromatic rings. The summed E-state index contributed by atoms with van der Waals surface area (Å²) in [7, 11) is 0. The molecule has 0 radical (unpaired) electrons. The molecule has 9 heteroatoms. The molecule has 2 saturated heterocycles. The number of benzene rings is 1. The van der Waals surface area contributed by atoms with Gasteiger partial charge in [-0.05, 0) is 41.5 Å². The van der Waals surface area contributed by atoms with Gasteiger partial charge in [-0.2, -0.15) is 20.1 Å². The Kier molecular flexibility index (Phi) is 5.97. The van der Waals surface area contributed by atoms with E-state index in [2.05, 4.69) is 52.9 Å². The average molecular weight is 479 g/mol. The number of anilines is 3. The van der Waals surface area contributed by atoms with Crippen LogP contribution in [0.1, 0.15) is 18.4 Å². The lowest BCUT2D eigenvalue weighted by molar-refractivity contribution is 0.122. The molecule has 142 valence electrons. The van der Waals surface area contributed by atoms with E-state index in [1.165, 1.54) is 12.8 Å². The fourth-order valence-electron chi connectivity index (χ4n) is 3.11. The third-order valence-corrected chi connectivity index (χ3v) is 5.55. The normalized spacial score (nSPS) is 17.7. The molecular weight excluding hydrogens is 457 g/mol. The van der Waals surface area contributed by atoms with Crippen LogP contribution in [0.4, 0.5) is 17.8 Å². The SMILES string of the molecule is Ic1ccccc1/C=N/Nc1nc(N2CCCC2)nc(N2CCOCC2)n1. The smallest absolute Gasteiger partial charge is 0.250 e. The van der Waals surface area contributed by atoms with Crippen molar-refractivity contribution in [2.45, 2.75) is 12.8 Å². The lowest BCUT2D eigenvalue weighted by Gasteiger charge is -2.27. The average Bonchev–Trinajstić information content (AvgIpc) is 3.25. The number of nitrogens with zero attached hydrogens (tertiary/aromatic N) is 6. The molecule has 0 aliphatic carbocycles. The molecule has 0 bridgehead atoms. The number of ether oxygens (including phenoxy) is 1. The molecule has 0 amide bonds. The zero-order chi connectivity index (χ0) is 18.5. The van der Waals surface area contributed by atoms with Crippen LogP contribution >= 0.6 is 22.6 Å². The quantitative estimate of drug-likeness (QED) is 0.401. The molecule has 0 spiro atoms. The second kappa shape index (κ2) is 8.79. The summed E-state index contributed by atoms with van der Waals surface area (Å²) in [6.07, 6.45) is 4.13. The van der Waals surface area contributed by atoms with Crippen molar-refractivity contribution in [2.75, 3.05) is 54.6 Å². The Labute approximate surface area is 172 Å². The van der Waals surface area contributed by atoms with E-state index in [0.717, 1.165) is 41.3 Å². The first-order chi connectivity index (χ1) is 13.3. The third kappa shape index (κ3) is 4.64. The van der Waals surface area contributed by atoms with E-state index in [0.29, 0.717) is 25.1 Å². The maximum absolute atomic E-state index is 5.44. The summed E-state index contributed by atoms with van der Waals surface area (Å²) in [6.45, 7) is 4.92. The van der Waals surface area contributed by atoms with Crippen LogP contribution in [0.15, 0.2) is 29.4 Å². The van der Waals surface area contributed by atoms with Gasteiger partial charge < -0.3 is 14.5 Å². The van der Waals surface area contributed by atoms with Gasteiger partial charge in [0.2, 0.25) is 17.8 Å². The highest BCUT2D eigenvalue weighted by Crippen LogP contribution is 2.21. The van der Waals surface area contributed by atoms with Gasteiger partial charge in [-0.3, -0.25) is 0 Å². The van der Waals surface area contributed by atoms with Crippen LogP contribution in [0, 0.1) is 3.57 Å². The highest BCUT2D eigenvalue weighted by Gasteiger charge is 2.21. The molecule has 1 aromatic carbocycles. The molecule has 3 heterocycles. The van der Waals surface area contributed by atoms with E-state index >= 15 is 0 Å². The Morgan fingerprint density at radius 2 is 1.63 bits per heavy atom. The first kappa shape index (κ1) is 18.4. The lowest BCUT2D eigenvalue weighted by atomic mass is 10.2. The van der Waals surface area contributed by atoms with Crippen molar-refractivity contribution in [3.05, 3.63) is 33.4 Å². The number of hydrogen-bond donors (Lipinski definition) is 1. The summed E-state index contributed by atoms with van der Waals surface area (Å²) in [5.74, 6) is 1.87. The summed E-state index contributed by atoms with van der Waals surface area (Å²) >= 11 is 2.29. The monoisotopic (exact) mass is 479 g/mol. The Hall–Kier alpha value is -2.01. The maximum Gasteiger partial charge on any atom is 0.250 e. The topological polar surface area (TPSA) is 78.8 Å². The van der Waals surface area contributed by atoms with E-state index in [1.54, 1.807) is 6.21 Å². The predicted octanol–water partition coefficient (Wildman–Crippen LogP) is 2.36. The van der Waals surface area contributed by atoms with Gasteiger partial charge in [0, 0.05) is 35.3 Å². The van der Waals surface area contributed by atoms with Crippen molar-refractivity contribution in [1.82, 2.24) is 15.0 Å². The summed E-state index contributed by atoms with van der Waals surface area (Å²) in [4.78, 5) is 18.2. The van der Waals surface area contributed by atoms with Crippen LogP contribution in [0.2, 0.25) is 0 Å². The minimum atomic E-state index is 0.468. The van der Waals surface area contributed by atoms with E-state index in [4.69, 9.17) is 9.72 Å². The summed E-state index contributed by atoms with van der Waals surface area (Å²) in [6, 6.07) is 8.08. The van der Waals surface area contributed by atoms with Crippen molar-refractivity contribution in [1.29, 1.82) is 0 Å². The number of halogens is 1. The van der Waals surface area contributed by atoms with Gasteiger partial charge in [-0.1, -0.05) is 18.2 Å². The van der Waals surface area contributed by atoms with Gasteiger partial charge in [0.25, 0.3) is 0 Å². The lowest BCUT2D eigenvalue weighted by Crippen LogP contribution is -2.38. The Morgan fingerprint density at radius 3 is 2.33 bits per heavy atom. The minimum Gasteiger partial charge on any atom is -0.378 e. The number of hydrogen-bond acceptors (Lipinski definition) is 8. The molecule has 0 saturated carbocycles. The van der Waals surface area contributed by atoms with Crippen LogP contribution in [-0.2, 0) is 4.74 Å². The van der Waals surface area contributed by atoms with Gasteiger partial charge in [-0.15, -0.1) is 0 Å². The maximum atomic E-state index is 5.44. The van der Waals surface area contributed by atoms with Crippen molar-refractivity contribution in [2.24, 2.45) is 5.10 Å². The van der Waals surface area contributed by atoms with Crippen molar-refractivity contribution in [3.63, 3.8) is 0 Å². The molecule has 0 atom stereocenters. The van der Waals surface area contributed by atoms with E-state index < -0.39 is 0 Å². The second-order valence-corrected chi connectivity index (χ2v) is 7.61. The molecule has 4 rings (SSSR count). The van der Waals surface area contributed by atoms with Crippen LogP contribution in [0.25, 0.3) is 0 Å². The predicted molar refractivity (Wildman–Crippen MR) is 115 cm³/mol. The highest BCUT2D eigenvalue weighted by atomic mass is 127. The summed E-state index contributed by atoms with van der Waals surface area (Å²) < 4.78 is 6.59. The van der Waals surface area contributed by atoms with E-state index in [9.17, 15) is 0 Å². The van der Waals surface area contributed by atoms with E-state index in [1.807, 2.05) is 24.3 Å². The third-order valence-electron chi connectivity index (χ3n) is 4.57.